The van der Waals surface area contributed by atoms with Crippen molar-refractivity contribution in [2.24, 2.45) is 0 Å². The molecule has 5 nitrogen and oxygen atoms in total. The summed E-state index contributed by atoms with van der Waals surface area (Å²) >= 11 is 0. The van der Waals surface area contributed by atoms with E-state index in [1.54, 1.807) is 0 Å². The number of aromatic carboxylic acids is 1. The van der Waals surface area contributed by atoms with Gasteiger partial charge in [0.25, 0.3) is 5.69 Å². The number of benzene rings is 1. The second-order valence-electron chi connectivity index (χ2n) is 2.83. The normalized spacial score (nSPS) is 12.7. The third-order valence-corrected chi connectivity index (χ3v) is 3.63. The van der Waals surface area contributed by atoms with E-state index in [-0.39, 0.29) is 11.3 Å². The maximum absolute atomic E-state index is 10.4. The lowest BCUT2D eigenvalue weighted by atomic mass is 10.2. The van der Waals surface area contributed by atoms with E-state index in [0.29, 0.717) is 0 Å². The van der Waals surface area contributed by atoms with Gasteiger partial charge in [-0.3, -0.25) is 10.1 Å². The van der Waals surface area contributed by atoms with E-state index in [2.05, 4.69) is 11.5 Å². The first kappa shape index (κ1) is 13.6. The quantitative estimate of drug-likeness (QED) is 0.505. The van der Waals surface area contributed by atoms with Crippen LogP contribution >= 0.6 is 21.6 Å². The van der Waals surface area contributed by atoms with Gasteiger partial charge in [-0.2, -0.15) is 0 Å². The number of nitrogens with zero attached hydrogens (tertiary/aromatic N) is 1. The van der Waals surface area contributed by atoms with Gasteiger partial charge < -0.3 is 5.11 Å². The van der Waals surface area contributed by atoms with Gasteiger partial charge in [-0.25, -0.2) is 4.79 Å². The van der Waals surface area contributed by atoms with Crippen LogP contribution in [0.3, 0.4) is 0 Å². The highest BCUT2D eigenvalue weighted by atomic mass is 33.1. The fourth-order valence-corrected chi connectivity index (χ4v) is 2.58. The third kappa shape index (κ3) is 4.49. The molecular formula is C10H9NO4S2. The number of hydrogen-bond acceptors (Lipinski definition) is 5. The fourth-order valence-electron chi connectivity index (χ4n) is 1.01. The molecule has 0 amide bonds. The van der Waals surface area contributed by atoms with Gasteiger partial charge in [0.1, 0.15) is 5.56 Å². The van der Waals surface area contributed by atoms with Crippen LogP contribution in [0.15, 0.2) is 35.7 Å². The van der Waals surface area contributed by atoms with E-state index in [9.17, 15) is 14.9 Å². The standard InChI is InChI=1S/C7H5NO4.C3H4S2/c9-7(10)5-3-1-2-4-6(5)8(11)12;1-2-4-5-3-1/h1-4H,(H,9,10);1-2H,3H2. The largest absolute Gasteiger partial charge is 0.477 e. The Morgan fingerprint density at radius 1 is 1.41 bits per heavy atom. The number of nitro benzene ring substituents is 1. The molecule has 0 aliphatic carbocycles. The Morgan fingerprint density at radius 2 is 2.12 bits per heavy atom. The maximum atomic E-state index is 10.4. The van der Waals surface area contributed by atoms with Gasteiger partial charge in [0.05, 0.1) is 4.92 Å². The van der Waals surface area contributed by atoms with E-state index < -0.39 is 10.9 Å². The van der Waals surface area contributed by atoms with E-state index in [1.807, 2.05) is 21.6 Å². The van der Waals surface area contributed by atoms with Crippen LogP contribution in [-0.2, 0) is 0 Å². The molecule has 7 heteroatoms. The molecule has 1 heterocycles. The summed E-state index contributed by atoms with van der Waals surface area (Å²) < 4.78 is 0. The van der Waals surface area contributed by atoms with Crippen molar-refractivity contribution in [2.45, 2.75) is 0 Å². The number of carboxylic acid groups (broad SMARTS) is 1. The topological polar surface area (TPSA) is 80.4 Å². The van der Waals surface area contributed by atoms with Crippen molar-refractivity contribution in [1.29, 1.82) is 0 Å². The van der Waals surface area contributed by atoms with Gasteiger partial charge >= 0.3 is 5.97 Å². The van der Waals surface area contributed by atoms with Gasteiger partial charge in [0, 0.05) is 11.8 Å². The Kier molecular flexibility index (Phi) is 5.58. The monoisotopic (exact) mass is 271 g/mol. The van der Waals surface area contributed by atoms with Crippen LogP contribution < -0.4 is 0 Å². The van der Waals surface area contributed by atoms with Crippen LogP contribution in [0, 0.1) is 10.1 Å². The zero-order valence-electron chi connectivity index (χ0n) is 8.61. The lowest BCUT2D eigenvalue weighted by Gasteiger charge is -1.94. The molecule has 0 bridgehead atoms. The molecule has 1 aliphatic rings. The second-order valence-corrected chi connectivity index (χ2v) is 5.15. The molecule has 1 N–H and O–H groups in total. The minimum absolute atomic E-state index is 0.289. The first-order valence-corrected chi connectivity index (χ1v) is 6.91. The smallest absolute Gasteiger partial charge is 0.342 e. The van der Waals surface area contributed by atoms with Crippen LogP contribution in [0.25, 0.3) is 0 Å². The van der Waals surface area contributed by atoms with Crippen molar-refractivity contribution < 1.29 is 14.8 Å². The van der Waals surface area contributed by atoms with Gasteiger partial charge in [0.15, 0.2) is 0 Å². The van der Waals surface area contributed by atoms with Gasteiger partial charge in [-0.1, -0.05) is 39.8 Å². The van der Waals surface area contributed by atoms with Crippen molar-refractivity contribution in [2.75, 3.05) is 5.75 Å². The van der Waals surface area contributed by atoms with Crippen molar-refractivity contribution >= 4 is 33.2 Å². The zero-order valence-corrected chi connectivity index (χ0v) is 10.2. The highest BCUT2D eigenvalue weighted by Crippen LogP contribution is 2.27. The predicted octanol–water partition coefficient (Wildman–Crippen LogP) is 3.19. The number of para-hydroxylation sites is 1. The number of carboxylic acids is 1. The van der Waals surface area contributed by atoms with Crippen LogP contribution in [0.2, 0.25) is 0 Å². The molecule has 0 atom stereocenters. The molecule has 0 saturated carbocycles. The lowest BCUT2D eigenvalue weighted by Crippen LogP contribution is -2.01. The Hall–Kier alpha value is -1.47. The molecule has 0 radical (unpaired) electrons. The Morgan fingerprint density at radius 3 is 2.47 bits per heavy atom. The summed E-state index contributed by atoms with van der Waals surface area (Å²) in [5.41, 5.74) is -0.674. The van der Waals surface area contributed by atoms with Crippen molar-refractivity contribution in [3.63, 3.8) is 0 Å². The molecule has 2 rings (SSSR count). The van der Waals surface area contributed by atoms with Crippen LogP contribution in [0.4, 0.5) is 5.69 Å². The zero-order chi connectivity index (χ0) is 12.7. The molecule has 17 heavy (non-hydrogen) atoms. The molecule has 0 fully saturated rings. The van der Waals surface area contributed by atoms with Crippen molar-refractivity contribution in [3.8, 4) is 0 Å². The van der Waals surface area contributed by atoms with Gasteiger partial charge in [0.2, 0.25) is 0 Å². The maximum Gasteiger partial charge on any atom is 0.342 e. The first-order chi connectivity index (χ1) is 8.13. The number of nitro groups is 1. The van der Waals surface area contributed by atoms with Crippen LogP contribution in [-0.4, -0.2) is 21.8 Å². The SMILES string of the molecule is C1=CSSC1.O=C(O)c1ccccc1[N+](=O)[O-]. The average Bonchev–Trinajstić information content (AvgIpc) is 2.87. The molecule has 0 saturated heterocycles. The van der Waals surface area contributed by atoms with Gasteiger partial charge in [-0.15, -0.1) is 0 Å². The number of rotatable bonds is 2. The summed E-state index contributed by atoms with van der Waals surface area (Å²) in [5.74, 6) is -0.0905. The lowest BCUT2D eigenvalue weighted by molar-refractivity contribution is -0.385. The number of carbonyl (C=O) groups is 1. The molecule has 0 aromatic heterocycles. The van der Waals surface area contributed by atoms with Crippen molar-refractivity contribution in [3.05, 3.63) is 51.4 Å². The predicted molar refractivity (Wildman–Crippen MR) is 69.2 cm³/mol. The summed E-state index contributed by atoms with van der Waals surface area (Å²) in [6, 6.07) is 5.21. The Balaban J connectivity index is 0.000000239. The Labute approximate surface area is 105 Å². The molecule has 1 aromatic carbocycles. The second kappa shape index (κ2) is 6.97. The minimum atomic E-state index is -1.29. The van der Waals surface area contributed by atoms with Gasteiger partial charge in [-0.05, 0) is 11.5 Å². The summed E-state index contributed by atoms with van der Waals surface area (Å²) in [7, 11) is 3.69. The van der Waals surface area contributed by atoms with E-state index >= 15 is 0 Å². The molecular weight excluding hydrogens is 262 g/mol. The van der Waals surface area contributed by atoms with E-state index in [4.69, 9.17) is 5.11 Å². The Bertz CT molecular complexity index is 409. The molecule has 90 valence electrons. The summed E-state index contributed by atoms with van der Waals surface area (Å²) in [4.78, 5) is 20.0. The third-order valence-electron chi connectivity index (χ3n) is 1.72. The molecule has 1 aliphatic heterocycles. The highest BCUT2D eigenvalue weighted by Gasteiger charge is 2.17. The molecule has 1 aromatic rings. The van der Waals surface area contributed by atoms with Crippen molar-refractivity contribution in [1.82, 2.24) is 0 Å². The molecule has 0 spiro atoms. The summed E-state index contributed by atoms with van der Waals surface area (Å²) in [5, 5.41) is 20.9. The van der Waals surface area contributed by atoms with Crippen LogP contribution in [0.1, 0.15) is 10.4 Å². The van der Waals surface area contributed by atoms with Crippen LogP contribution in [0.5, 0.6) is 0 Å². The molecule has 0 unspecified atom stereocenters. The first-order valence-electron chi connectivity index (χ1n) is 4.53. The number of hydrogen-bond donors (Lipinski definition) is 1. The summed E-state index contributed by atoms with van der Waals surface area (Å²) in [6.07, 6.45) is 2.16. The average molecular weight is 271 g/mol. The minimum Gasteiger partial charge on any atom is -0.477 e. The highest BCUT2D eigenvalue weighted by molar-refractivity contribution is 8.78. The van der Waals surface area contributed by atoms with E-state index in [0.717, 1.165) is 6.07 Å². The summed E-state index contributed by atoms with van der Waals surface area (Å²) in [6.45, 7) is 0. The van der Waals surface area contributed by atoms with E-state index in [1.165, 1.54) is 24.0 Å². The fraction of sp³-hybridized carbons (Fsp3) is 0.100.